The van der Waals surface area contributed by atoms with E-state index in [9.17, 15) is 61.7 Å². The van der Waals surface area contributed by atoms with Crippen LogP contribution in [-0.4, -0.2) is 172 Å². The molecule has 26 heteroatoms. The number of hydrogen-bond acceptors (Lipinski definition) is 12. The average molecular weight is 1020 g/mol. The van der Waals surface area contributed by atoms with E-state index in [0.717, 1.165) is 13.0 Å². The number of carbonyl (C=O) groups excluding carboxylic acids is 7. The molecule has 3 aliphatic heterocycles. The van der Waals surface area contributed by atoms with Gasteiger partial charge in [-0.15, -0.1) is 0 Å². The van der Waals surface area contributed by atoms with Crippen molar-refractivity contribution in [2.45, 2.75) is 113 Å². The molecule has 3 saturated heterocycles. The molecule has 7 atom stereocenters. The Kier molecular flexibility index (Phi) is 22.2. The summed E-state index contributed by atoms with van der Waals surface area (Å²) in [5, 5.41) is 43.5. The number of nitrogens with two attached hydrogens (primary N) is 2. The largest absolute Gasteiger partial charge is 0.490 e. The molecule has 0 bridgehead atoms. The van der Waals surface area contributed by atoms with Crippen LogP contribution < -0.4 is 43.4 Å². The number of nitrogens with zero attached hydrogens (tertiary/aromatic N) is 3. The molecule has 13 N–H and O–H groups in total. The molecular weight excluding hydrogens is 956 g/mol. The zero-order valence-electron chi connectivity index (χ0n) is 39.3. The van der Waals surface area contributed by atoms with Crippen LogP contribution in [-0.2, 0) is 56.0 Å². The van der Waals surface area contributed by atoms with Crippen LogP contribution in [0.4, 0.5) is 13.2 Å². The highest BCUT2D eigenvalue weighted by Crippen LogP contribution is 2.22. The summed E-state index contributed by atoms with van der Waals surface area (Å²) in [6.45, 7) is 0.0243. The molecule has 0 aliphatic carbocycles. The van der Waals surface area contributed by atoms with Crippen molar-refractivity contribution < 1.29 is 71.6 Å². The first-order chi connectivity index (χ1) is 34.2. The number of benzene rings is 2. The van der Waals surface area contributed by atoms with Crippen molar-refractivity contribution in [3.8, 4) is 0 Å². The van der Waals surface area contributed by atoms with Crippen molar-refractivity contribution in [3.63, 3.8) is 0 Å². The van der Waals surface area contributed by atoms with Crippen LogP contribution in [0.15, 0.2) is 65.7 Å². The Bertz CT molecular complexity index is 2230. The Morgan fingerprint density at radius 1 is 0.708 bits per heavy atom. The summed E-state index contributed by atoms with van der Waals surface area (Å²) in [6, 6.07) is 9.92. The topological polar surface area (TPSA) is 357 Å². The van der Waals surface area contributed by atoms with Gasteiger partial charge in [0.25, 0.3) is 0 Å². The SMILES string of the molecule is NC(N)=NCCC[C@H](NC(=O)[C@H](Cc1ccccc1)NC(=O)[C@@H]1CCCN1C(=O)[C@H](CO)NC(=O)[C@H](Cc1ccccc1)NC(=O)CNC(=O)[C@@H]1CCCN1C(=O)[C@@H]1CCCN1)C(=O)O.O=C(O)C(F)(F)F. The first-order valence-corrected chi connectivity index (χ1v) is 23.3. The minimum atomic E-state index is -5.08. The number of amides is 7. The molecule has 23 nitrogen and oxygen atoms in total. The van der Waals surface area contributed by atoms with E-state index in [2.05, 4.69) is 36.9 Å². The van der Waals surface area contributed by atoms with Gasteiger partial charge >= 0.3 is 18.1 Å². The second-order valence-electron chi connectivity index (χ2n) is 17.2. The van der Waals surface area contributed by atoms with Crippen molar-refractivity contribution in [3.05, 3.63) is 71.8 Å². The maximum atomic E-state index is 14.0. The number of carboxylic acid groups (broad SMARTS) is 2. The van der Waals surface area contributed by atoms with Crippen LogP contribution in [0, 0.1) is 0 Å². The second-order valence-corrected chi connectivity index (χ2v) is 17.2. The van der Waals surface area contributed by atoms with Crippen LogP contribution in [0.5, 0.6) is 0 Å². The van der Waals surface area contributed by atoms with Crippen LogP contribution in [0.3, 0.4) is 0 Å². The highest BCUT2D eigenvalue weighted by atomic mass is 19.4. The van der Waals surface area contributed by atoms with E-state index >= 15 is 0 Å². The zero-order chi connectivity index (χ0) is 53.0. The number of aliphatic hydroxyl groups is 1. The Morgan fingerprint density at radius 2 is 1.24 bits per heavy atom. The van der Waals surface area contributed by atoms with E-state index < -0.39 is 103 Å². The van der Waals surface area contributed by atoms with Gasteiger partial charge in [-0.05, 0) is 69.0 Å². The molecule has 7 amide bonds. The number of likely N-dealkylation sites (tertiary alicyclic amines) is 2. The van der Waals surface area contributed by atoms with Crippen molar-refractivity contribution in [2.24, 2.45) is 16.5 Å². The quantitative estimate of drug-likeness (QED) is 0.0346. The van der Waals surface area contributed by atoms with Crippen LogP contribution in [0.25, 0.3) is 0 Å². The number of hydrogen-bond donors (Lipinski definition) is 11. The predicted octanol–water partition coefficient (Wildman–Crippen LogP) is -1.97. The van der Waals surface area contributed by atoms with Gasteiger partial charge in [0.15, 0.2) is 5.96 Å². The number of aliphatic carboxylic acids is 2. The minimum absolute atomic E-state index is 0.00348. The third kappa shape index (κ3) is 17.8. The smallest absolute Gasteiger partial charge is 0.480 e. The van der Waals surface area contributed by atoms with E-state index in [1.54, 1.807) is 65.6 Å². The lowest BCUT2D eigenvalue weighted by atomic mass is 10.0. The molecule has 3 fully saturated rings. The highest BCUT2D eigenvalue weighted by Gasteiger charge is 2.41. The predicted molar refractivity (Wildman–Crippen MR) is 250 cm³/mol. The van der Waals surface area contributed by atoms with E-state index in [1.807, 2.05) is 0 Å². The first-order valence-electron chi connectivity index (χ1n) is 23.3. The van der Waals surface area contributed by atoms with Crippen molar-refractivity contribution in [2.75, 3.05) is 39.3 Å². The van der Waals surface area contributed by atoms with Gasteiger partial charge in [0.2, 0.25) is 41.4 Å². The zero-order valence-corrected chi connectivity index (χ0v) is 39.3. The minimum Gasteiger partial charge on any atom is -0.480 e. The number of aliphatic hydroxyl groups excluding tert-OH is 1. The van der Waals surface area contributed by atoms with Gasteiger partial charge in [0.1, 0.15) is 36.3 Å². The summed E-state index contributed by atoms with van der Waals surface area (Å²) in [7, 11) is 0. The summed E-state index contributed by atoms with van der Waals surface area (Å²) in [6.07, 6.45) is -1.66. The summed E-state index contributed by atoms with van der Waals surface area (Å²) in [5.74, 6) is -8.63. The lowest BCUT2D eigenvalue weighted by Crippen LogP contribution is -2.60. The lowest BCUT2D eigenvalue weighted by Gasteiger charge is -2.30. The molecule has 5 rings (SSSR count). The summed E-state index contributed by atoms with van der Waals surface area (Å²) >= 11 is 0. The number of rotatable bonds is 22. The van der Waals surface area contributed by atoms with Gasteiger partial charge in [-0.3, -0.25) is 38.6 Å². The van der Waals surface area contributed by atoms with E-state index in [1.165, 1.54) is 4.90 Å². The monoisotopic (exact) mass is 1020 g/mol. The van der Waals surface area contributed by atoms with Gasteiger partial charge in [-0.25, -0.2) is 9.59 Å². The van der Waals surface area contributed by atoms with Gasteiger partial charge in [0, 0.05) is 32.5 Å². The van der Waals surface area contributed by atoms with Crippen molar-refractivity contribution in [1.29, 1.82) is 0 Å². The molecule has 2 aromatic rings. The maximum absolute atomic E-state index is 14.0. The fraction of sp³-hybridized carbons (Fsp3) is 0.522. The number of carboxylic acids is 2. The van der Waals surface area contributed by atoms with Gasteiger partial charge in [-0.2, -0.15) is 13.2 Å². The molecule has 2 aromatic carbocycles. The first kappa shape index (κ1) is 57.2. The second kappa shape index (κ2) is 27.9. The van der Waals surface area contributed by atoms with Crippen LogP contribution in [0.1, 0.15) is 62.5 Å². The number of halogens is 3. The molecule has 0 aromatic heterocycles. The molecule has 0 saturated carbocycles. The molecule has 3 heterocycles. The van der Waals surface area contributed by atoms with Crippen molar-refractivity contribution in [1.82, 2.24) is 41.7 Å². The van der Waals surface area contributed by atoms with Gasteiger partial charge < -0.3 is 68.5 Å². The number of alkyl halides is 3. The number of carbonyl (C=O) groups is 9. The fourth-order valence-corrected chi connectivity index (χ4v) is 8.31. The third-order valence-electron chi connectivity index (χ3n) is 11.9. The number of guanidine groups is 1. The third-order valence-corrected chi connectivity index (χ3v) is 11.9. The van der Waals surface area contributed by atoms with E-state index in [0.29, 0.717) is 43.4 Å². The molecule has 3 aliphatic rings. The van der Waals surface area contributed by atoms with E-state index in [-0.39, 0.29) is 63.1 Å². The highest BCUT2D eigenvalue weighted by molar-refractivity contribution is 5.97. The molecule has 0 spiro atoms. The summed E-state index contributed by atoms with van der Waals surface area (Å²) in [5.41, 5.74) is 12.0. The number of nitrogens with one attached hydrogen (secondary N) is 6. The van der Waals surface area contributed by atoms with Crippen LogP contribution >= 0.6 is 0 Å². The Labute approximate surface area is 412 Å². The summed E-state index contributed by atoms with van der Waals surface area (Å²) in [4.78, 5) is 123. The normalized spacial score (nSPS) is 19.0. The number of aliphatic imine (C=N–C) groups is 1. The fourth-order valence-electron chi connectivity index (χ4n) is 8.31. The van der Waals surface area contributed by atoms with Crippen molar-refractivity contribution >= 4 is 59.2 Å². The maximum Gasteiger partial charge on any atom is 0.490 e. The summed E-state index contributed by atoms with van der Waals surface area (Å²) < 4.78 is 31.7. The van der Waals surface area contributed by atoms with Crippen LogP contribution in [0.2, 0.25) is 0 Å². The standard InChI is InChI=1S/C44H61N11O10.C2HF3O2/c45-44(46)48-20-8-16-30(43(64)65)51-38(59)32(24-28-13-5-2-6-14-28)52-40(61)35-18-10-22-55(35)42(63)33(26-56)53-37(58)31(23-27-11-3-1-4-12-27)50-36(57)25-49-39(60)34-17-9-21-54(34)41(62)29-15-7-19-47-29;3-2(4,5)1(6)7/h1-6,11-14,29-35,47,56H,7-10,15-26H2,(H,49,60)(H,50,57)(H,51,59)(H,52,61)(H,53,58)(H,64,65)(H4,45,46,48);(H,6,7)/t29-,30-,31-,32-,33-,34-,35-;/m0./s1. The average Bonchev–Trinajstić information content (AvgIpc) is 4.17. The van der Waals surface area contributed by atoms with Gasteiger partial charge in [-0.1, -0.05) is 60.7 Å². The molecule has 72 heavy (non-hydrogen) atoms. The molecule has 394 valence electrons. The lowest BCUT2D eigenvalue weighted by molar-refractivity contribution is -0.192. The molecule has 0 unspecified atom stereocenters. The Hall–Kier alpha value is -7.35. The molecular formula is C46H62F3N11O12. The van der Waals surface area contributed by atoms with Gasteiger partial charge in [0.05, 0.1) is 19.2 Å². The molecule has 0 radical (unpaired) electrons. The van der Waals surface area contributed by atoms with E-state index in [4.69, 9.17) is 21.4 Å². The Morgan fingerprint density at radius 3 is 1.74 bits per heavy atom. The Balaban J connectivity index is 0.00000149.